The zero-order valence-corrected chi connectivity index (χ0v) is 10.5. The summed E-state index contributed by atoms with van der Waals surface area (Å²) in [7, 11) is 0. The maximum atomic E-state index is 4.36. The van der Waals surface area contributed by atoms with Crippen molar-refractivity contribution < 1.29 is 0 Å². The fourth-order valence-corrected chi connectivity index (χ4v) is 2.67. The van der Waals surface area contributed by atoms with Crippen molar-refractivity contribution in [3.05, 3.63) is 12.2 Å². The molecular formula is C12H21N5. The van der Waals surface area contributed by atoms with Crippen molar-refractivity contribution in [2.75, 3.05) is 19.6 Å². The van der Waals surface area contributed by atoms with Crippen LogP contribution in [0.3, 0.4) is 0 Å². The van der Waals surface area contributed by atoms with Crippen LogP contribution in [0.15, 0.2) is 6.33 Å². The van der Waals surface area contributed by atoms with Gasteiger partial charge in [0, 0.05) is 32.2 Å². The molecule has 1 N–H and O–H groups in total. The molecule has 0 amide bonds. The van der Waals surface area contributed by atoms with Crippen LogP contribution in [0.4, 0.5) is 0 Å². The van der Waals surface area contributed by atoms with Gasteiger partial charge in [0.05, 0.1) is 6.54 Å². The number of rotatable bonds is 4. The first kappa shape index (κ1) is 11.2. The van der Waals surface area contributed by atoms with E-state index in [1.807, 2.05) is 4.68 Å². The molecule has 2 fully saturated rings. The summed E-state index contributed by atoms with van der Waals surface area (Å²) in [6, 6.07) is 0.710. The van der Waals surface area contributed by atoms with Crippen molar-refractivity contribution >= 4 is 0 Å². The van der Waals surface area contributed by atoms with Gasteiger partial charge in [-0.1, -0.05) is 0 Å². The van der Waals surface area contributed by atoms with Gasteiger partial charge in [-0.05, 0) is 25.7 Å². The maximum Gasteiger partial charge on any atom is 0.140 e. The van der Waals surface area contributed by atoms with E-state index in [1.54, 1.807) is 6.33 Å². The standard InChI is InChI=1S/C12H21N5/c1-2-17-12(14-9-15-17)8-16-6-5-13-11(7-16)10-3-4-10/h9-11,13H,2-8H2,1H3. The van der Waals surface area contributed by atoms with Crippen LogP contribution >= 0.6 is 0 Å². The molecule has 1 aromatic rings. The van der Waals surface area contributed by atoms with Crippen molar-refractivity contribution in [3.63, 3.8) is 0 Å². The summed E-state index contributed by atoms with van der Waals surface area (Å²) in [5.74, 6) is 2.03. The highest BCUT2D eigenvalue weighted by atomic mass is 15.3. The number of nitrogens with one attached hydrogen (secondary N) is 1. The largest absolute Gasteiger partial charge is 0.311 e. The second-order valence-corrected chi connectivity index (χ2v) is 5.13. The summed E-state index contributed by atoms with van der Waals surface area (Å²) in [6.07, 6.45) is 4.49. The summed E-state index contributed by atoms with van der Waals surface area (Å²) in [5.41, 5.74) is 0. The van der Waals surface area contributed by atoms with Gasteiger partial charge in [-0.25, -0.2) is 9.67 Å². The van der Waals surface area contributed by atoms with Gasteiger partial charge in [0.2, 0.25) is 0 Å². The van der Waals surface area contributed by atoms with E-state index in [2.05, 4.69) is 27.2 Å². The van der Waals surface area contributed by atoms with Gasteiger partial charge in [0.25, 0.3) is 0 Å². The molecule has 5 heteroatoms. The summed E-state index contributed by atoms with van der Waals surface area (Å²) in [5, 5.41) is 7.86. The molecule has 0 aromatic carbocycles. The first-order valence-corrected chi connectivity index (χ1v) is 6.69. The lowest BCUT2D eigenvalue weighted by Crippen LogP contribution is -2.51. The Balaban J connectivity index is 1.60. The van der Waals surface area contributed by atoms with Crippen molar-refractivity contribution in [2.24, 2.45) is 5.92 Å². The first-order valence-electron chi connectivity index (χ1n) is 6.69. The van der Waals surface area contributed by atoms with Crippen molar-refractivity contribution in [1.29, 1.82) is 0 Å². The van der Waals surface area contributed by atoms with Crippen LogP contribution in [0.1, 0.15) is 25.6 Å². The van der Waals surface area contributed by atoms with Crippen LogP contribution in [0.25, 0.3) is 0 Å². The second kappa shape index (κ2) is 4.74. The fourth-order valence-electron chi connectivity index (χ4n) is 2.67. The molecule has 1 atom stereocenters. The average molecular weight is 235 g/mol. The Labute approximate surface area is 102 Å². The SMILES string of the molecule is CCn1ncnc1CN1CCNC(C2CC2)C1. The van der Waals surface area contributed by atoms with Crippen LogP contribution in [-0.4, -0.2) is 45.3 Å². The Morgan fingerprint density at radius 1 is 1.47 bits per heavy atom. The number of aromatic nitrogens is 3. The number of hydrogen-bond acceptors (Lipinski definition) is 4. The minimum absolute atomic E-state index is 0.710. The highest BCUT2D eigenvalue weighted by molar-refractivity contribution is 4.93. The van der Waals surface area contributed by atoms with Gasteiger partial charge in [-0.2, -0.15) is 5.10 Å². The molecule has 1 saturated heterocycles. The highest BCUT2D eigenvalue weighted by Gasteiger charge is 2.34. The van der Waals surface area contributed by atoms with Gasteiger partial charge in [-0.15, -0.1) is 0 Å². The molecule has 2 aliphatic rings. The smallest absolute Gasteiger partial charge is 0.140 e. The lowest BCUT2D eigenvalue weighted by molar-refractivity contribution is 0.175. The average Bonchev–Trinajstić information content (AvgIpc) is 3.11. The van der Waals surface area contributed by atoms with E-state index in [9.17, 15) is 0 Å². The van der Waals surface area contributed by atoms with E-state index in [4.69, 9.17) is 0 Å². The van der Waals surface area contributed by atoms with Crippen LogP contribution in [0.5, 0.6) is 0 Å². The van der Waals surface area contributed by atoms with Gasteiger partial charge in [0.1, 0.15) is 12.2 Å². The molecule has 3 rings (SSSR count). The van der Waals surface area contributed by atoms with Gasteiger partial charge >= 0.3 is 0 Å². The molecule has 2 heterocycles. The molecule has 0 radical (unpaired) electrons. The van der Waals surface area contributed by atoms with E-state index in [0.29, 0.717) is 6.04 Å². The third-order valence-corrected chi connectivity index (χ3v) is 3.84. The molecule has 0 bridgehead atoms. The number of hydrogen-bond donors (Lipinski definition) is 1. The Hall–Kier alpha value is -0.940. The molecule has 17 heavy (non-hydrogen) atoms. The lowest BCUT2D eigenvalue weighted by atomic mass is 10.1. The molecular weight excluding hydrogens is 214 g/mol. The van der Waals surface area contributed by atoms with Crippen molar-refractivity contribution in [1.82, 2.24) is 25.0 Å². The minimum atomic E-state index is 0.710. The van der Waals surface area contributed by atoms with E-state index >= 15 is 0 Å². The van der Waals surface area contributed by atoms with Crippen LogP contribution in [-0.2, 0) is 13.1 Å². The summed E-state index contributed by atoms with van der Waals surface area (Å²) < 4.78 is 1.99. The predicted molar refractivity (Wildman–Crippen MR) is 65.5 cm³/mol. The highest BCUT2D eigenvalue weighted by Crippen LogP contribution is 2.33. The van der Waals surface area contributed by atoms with Crippen molar-refractivity contribution in [3.8, 4) is 0 Å². The Morgan fingerprint density at radius 3 is 3.12 bits per heavy atom. The molecule has 1 unspecified atom stereocenters. The zero-order valence-electron chi connectivity index (χ0n) is 10.5. The van der Waals surface area contributed by atoms with E-state index in [1.165, 1.54) is 19.4 Å². The number of piperazine rings is 1. The predicted octanol–water partition coefficient (Wildman–Crippen LogP) is 0.482. The molecule has 1 aromatic heterocycles. The third kappa shape index (κ3) is 2.50. The Bertz CT molecular complexity index is 371. The molecule has 1 aliphatic heterocycles. The minimum Gasteiger partial charge on any atom is -0.311 e. The zero-order chi connectivity index (χ0) is 11.7. The van der Waals surface area contributed by atoms with Crippen molar-refractivity contribution in [2.45, 2.75) is 38.9 Å². The van der Waals surface area contributed by atoms with Gasteiger partial charge < -0.3 is 5.32 Å². The van der Waals surface area contributed by atoms with Crippen LogP contribution in [0, 0.1) is 5.92 Å². The molecule has 1 saturated carbocycles. The molecule has 5 nitrogen and oxygen atoms in total. The number of nitrogens with zero attached hydrogens (tertiary/aromatic N) is 4. The molecule has 0 spiro atoms. The van der Waals surface area contributed by atoms with Crippen LogP contribution in [0.2, 0.25) is 0 Å². The Kier molecular flexibility index (Phi) is 3.11. The second-order valence-electron chi connectivity index (χ2n) is 5.13. The summed E-state index contributed by atoms with van der Waals surface area (Å²) in [4.78, 5) is 6.87. The molecule has 94 valence electrons. The monoisotopic (exact) mass is 235 g/mol. The van der Waals surface area contributed by atoms with Gasteiger partial charge in [-0.3, -0.25) is 4.90 Å². The van der Waals surface area contributed by atoms with E-state index in [-0.39, 0.29) is 0 Å². The van der Waals surface area contributed by atoms with E-state index in [0.717, 1.165) is 37.9 Å². The maximum absolute atomic E-state index is 4.36. The quantitative estimate of drug-likeness (QED) is 0.824. The molecule has 1 aliphatic carbocycles. The van der Waals surface area contributed by atoms with E-state index < -0.39 is 0 Å². The van der Waals surface area contributed by atoms with Gasteiger partial charge in [0.15, 0.2) is 0 Å². The topological polar surface area (TPSA) is 46.0 Å². The third-order valence-electron chi connectivity index (χ3n) is 3.84. The summed E-state index contributed by atoms with van der Waals surface area (Å²) in [6.45, 7) is 7.37. The number of aryl methyl sites for hydroxylation is 1. The fraction of sp³-hybridized carbons (Fsp3) is 0.833. The Morgan fingerprint density at radius 2 is 2.35 bits per heavy atom. The van der Waals surface area contributed by atoms with Crippen LogP contribution < -0.4 is 5.32 Å². The first-order chi connectivity index (χ1) is 8.36. The normalized spacial score (nSPS) is 26.3. The summed E-state index contributed by atoms with van der Waals surface area (Å²) >= 11 is 0. The lowest BCUT2D eigenvalue weighted by Gasteiger charge is -2.33.